The molecule has 1 unspecified atom stereocenters. The van der Waals surface area contributed by atoms with Crippen LogP contribution in [0.4, 0.5) is 0 Å². The highest BCUT2D eigenvalue weighted by Crippen LogP contribution is 2.64. The van der Waals surface area contributed by atoms with Crippen LogP contribution in [0, 0.1) is 5.92 Å². The molecule has 2 heterocycles. The molecule has 0 radical (unpaired) electrons. The summed E-state index contributed by atoms with van der Waals surface area (Å²) in [6, 6.07) is 17.8. The number of hydrogen-bond acceptors (Lipinski definition) is 4. The van der Waals surface area contributed by atoms with Gasteiger partial charge in [-0.15, -0.1) is 11.3 Å². The van der Waals surface area contributed by atoms with Gasteiger partial charge >= 0.3 is 0 Å². The van der Waals surface area contributed by atoms with Crippen molar-refractivity contribution in [2.75, 3.05) is 13.1 Å². The first-order valence-electron chi connectivity index (χ1n) is 10.7. The van der Waals surface area contributed by atoms with E-state index in [2.05, 4.69) is 58.8 Å². The van der Waals surface area contributed by atoms with Gasteiger partial charge in [-0.25, -0.2) is 4.98 Å². The largest absolute Gasteiger partial charge is 0.382 e. The van der Waals surface area contributed by atoms with Crippen LogP contribution in [-0.4, -0.2) is 23.2 Å². The van der Waals surface area contributed by atoms with Crippen molar-refractivity contribution in [3.05, 3.63) is 87.4 Å². The van der Waals surface area contributed by atoms with Crippen molar-refractivity contribution in [3.8, 4) is 0 Å². The van der Waals surface area contributed by atoms with E-state index in [1.165, 1.54) is 22.3 Å². The predicted octanol–water partition coefficient (Wildman–Crippen LogP) is 4.56. The second-order valence-electron chi connectivity index (χ2n) is 8.98. The van der Waals surface area contributed by atoms with E-state index in [0.717, 1.165) is 43.8 Å². The van der Waals surface area contributed by atoms with E-state index in [0.29, 0.717) is 5.92 Å². The molecule has 148 valence electrons. The van der Waals surface area contributed by atoms with Crippen molar-refractivity contribution in [1.29, 1.82) is 0 Å². The fraction of sp³-hybridized carbons (Fsp3) is 0.400. The Kier molecular flexibility index (Phi) is 3.99. The summed E-state index contributed by atoms with van der Waals surface area (Å²) in [5.41, 5.74) is 4.75. The van der Waals surface area contributed by atoms with E-state index >= 15 is 0 Å². The van der Waals surface area contributed by atoms with E-state index in [9.17, 15) is 5.11 Å². The van der Waals surface area contributed by atoms with Gasteiger partial charge in [0.2, 0.25) is 0 Å². The summed E-state index contributed by atoms with van der Waals surface area (Å²) < 4.78 is 0. The number of thiazole rings is 1. The van der Waals surface area contributed by atoms with Crippen LogP contribution in [0.5, 0.6) is 0 Å². The molecule has 0 saturated carbocycles. The maximum absolute atomic E-state index is 12.3. The number of fused-ring (bicyclic) bond motifs is 8. The molecule has 4 heteroatoms. The number of nitrogens with zero attached hydrogens (tertiary/aromatic N) is 1. The SMILES string of the molecule is OC(CC12CC(c3ccccc31)c1ccccc12)(c1nccs1)C1CCNCC1. The number of piperidine rings is 1. The molecule has 2 bridgehead atoms. The fourth-order valence-electron chi connectivity index (χ4n) is 6.43. The van der Waals surface area contributed by atoms with Gasteiger partial charge in [-0.1, -0.05) is 48.5 Å². The molecule has 0 spiro atoms. The van der Waals surface area contributed by atoms with Gasteiger partial charge < -0.3 is 10.4 Å². The Bertz CT molecular complexity index is 993. The summed E-state index contributed by atoms with van der Waals surface area (Å²) in [5.74, 6) is 0.694. The molecule has 2 N–H and O–H groups in total. The van der Waals surface area contributed by atoms with Crippen molar-refractivity contribution in [1.82, 2.24) is 10.3 Å². The smallest absolute Gasteiger partial charge is 0.125 e. The molecule has 1 atom stereocenters. The Labute approximate surface area is 175 Å². The minimum absolute atomic E-state index is 0.122. The summed E-state index contributed by atoms with van der Waals surface area (Å²) >= 11 is 1.61. The molecule has 3 nitrogen and oxygen atoms in total. The molecule has 1 fully saturated rings. The third-order valence-electron chi connectivity index (χ3n) is 7.64. The van der Waals surface area contributed by atoms with Crippen molar-refractivity contribution < 1.29 is 5.11 Å². The van der Waals surface area contributed by atoms with Crippen LogP contribution in [0.3, 0.4) is 0 Å². The molecule has 1 saturated heterocycles. The van der Waals surface area contributed by atoms with E-state index in [-0.39, 0.29) is 11.3 Å². The Balaban J connectivity index is 1.52. The molecule has 3 aliphatic rings. The van der Waals surface area contributed by atoms with E-state index in [4.69, 9.17) is 0 Å². The van der Waals surface area contributed by atoms with Crippen molar-refractivity contribution in [2.24, 2.45) is 5.92 Å². The van der Waals surface area contributed by atoms with E-state index in [1.807, 2.05) is 11.6 Å². The molecule has 2 aliphatic carbocycles. The van der Waals surface area contributed by atoms with Gasteiger partial charge in [0.1, 0.15) is 10.6 Å². The van der Waals surface area contributed by atoms with Crippen LogP contribution in [0.1, 0.15) is 58.9 Å². The lowest BCUT2D eigenvalue weighted by Gasteiger charge is -2.43. The minimum atomic E-state index is -0.893. The van der Waals surface area contributed by atoms with Gasteiger partial charge in [-0.2, -0.15) is 0 Å². The van der Waals surface area contributed by atoms with Crippen LogP contribution in [0.15, 0.2) is 60.1 Å². The second kappa shape index (κ2) is 6.49. The lowest BCUT2D eigenvalue weighted by Crippen LogP contribution is -2.46. The number of aliphatic hydroxyl groups is 1. The van der Waals surface area contributed by atoms with E-state index in [1.54, 1.807) is 11.3 Å². The van der Waals surface area contributed by atoms with Crippen LogP contribution in [0.25, 0.3) is 0 Å². The zero-order valence-corrected chi connectivity index (χ0v) is 17.3. The summed E-state index contributed by atoms with van der Waals surface area (Å²) in [6.07, 6.45) is 5.64. The maximum atomic E-state index is 12.3. The monoisotopic (exact) mass is 402 g/mol. The van der Waals surface area contributed by atoms with Gasteiger partial charge in [-0.05, 0) is 66.9 Å². The third-order valence-corrected chi connectivity index (χ3v) is 8.58. The van der Waals surface area contributed by atoms with Crippen LogP contribution in [-0.2, 0) is 11.0 Å². The number of hydrogen-bond donors (Lipinski definition) is 2. The highest BCUT2D eigenvalue weighted by Gasteiger charge is 2.57. The zero-order valence-electron chi connectivity index (χ0n) is 16.5. The molecule has 1 aromatic heterocycles. The predicted molar refractivity (Wildman–Crippen MR) is 116 cm³/mol. The third kappa shape index (κ3) is 2.46. The van der Waals surface area contributed by atoms with Gasteiger partial charge in [-0.3, -0.25) is 0 Å². The number of benzene rings is 2. The molecule has 2 aromatic carbocycles. The lowest BCUT2D eigenvalue weighted by atomic mass is 9.65. The van der Waals surface area contributed by atoms with Gasteiger partial charge in [0.25, 0.3) is 0 Å². The Morgan fingerprint density at radius 1 is 1.03 bits per heavy atom. The maximum Gasteiger partial charge on any atom is 0.125 e. The van der Waals surface area contributed by atoms with Crippen molar-refractivity contribution >= 4 is 11.3 Å². The first kappa shape index (κ1) is 17.8. The molecular weight excluding hydrogens is 376 g/mol. The lowest BCUT2D eigenvalue weighted by molar-refractivity contribution is -0.0566. The van der Waals surface area contributed by atoms with Crippen molar-refractivity contribution in [3.63, 3.8) is 0 Å². The minimum Gasteiger partial charge on any atom is -0.382 e. The van der Waals surface area contributed by atoms with Gasteiger partial charge in [0, 0.05) is 22.9 Å². The molecule has 3 aromatic rings. The van der Waals surface area contributed by atoms with Crippen LogP contribution in [0.2, 0.25) is 0 Å². The highest BCUT2D eigenvalue weighted by molar-refractivity contribution is 7.09. The fourth-order valence-corrected chi connectivity index (χ4v) is 7.24. The molecular formula is C25H26N2OS. The summed E-state index contributed by atoms with van der Waals surface area (Å²) in [6.45, 7) is 1.95. The van der Waals surface area contributed by atoms with Gasteiger partial charge in [0.05, 0.1) is 0 Å². The molecule has 1 aliphatic heterocycles. The Morgan fingerprint density at radius 2 is 1.69 bits per heavy atom. The first-order chi connectivity index (χ1) is 14.2. The van der Waals surface area contributed by atoms with Gasteiger partial charge in [0.15, 0.2) is 0 Å². The quantitative estimate of drug-likeness (QED) is 0.673. The molecule has 6 rings (SSSR count). The zero-order chi connectivity index (χ0) is 19.5. The number of rotatable bonds is 4. The highest BCUT2D eigenvalue weighted by atomic mass is 32.1. The normalized spacial score (nSPS) is 27.4. The number of nitrogens with one attached hydrogen (secondary N) is 1. The first-order valence-corrected chi connectivity index (χ1v) is 11.6. The topological polar surface area (TPSA) is 45.2 Å². The second-order valence-corrected chi connectivity index (χ2v) is 9.87. The molecule has 29 heavy (non-hydrogen) atoms. The average molecular weight is 403 g/mol. The summed E-state index contributed by atoms with van der Waals surface area (Å²) in [7, 11) is 0. The summed E-state index contributed by atoms with van der Waals surface area (Å²) in [4.78, 5) is 4.64. The molecule has 0 amide bonds. The standard InChI is InChI=1S/C25H26N2OS/c28-25(23-27-13-14-29-23,17-9-11-26-12-10-17)16-24-15-20(18-5-1-3-7-21(18)24)19-6-2-4-8-22(19)24/h1-8,13-14,17,20,26,28H,9-12,15-16H2. The van der Waals surface area contributed by atoms with Crippen LogP contribution < -0.4 is 5.32 Å². The summed E-state index contributed by atoms with van der Waals surface area (Å²) in [5, 5.41) is 18.7. The average Bonchev–Trinajstić information content (AvgIpc) is 3.49. The van der Waals surface area contributed by atoms with Crippen molar-refractivity contribution in [2.45, 2.75) is 42.6 Å². The van der Waals surface area contributed by atoms with E-state index < -0.39 is 5.60 Å². The Morgan fingerprint density at radius 3 is 2.31 bits per heavy atom. The van der Waals surface area contributed by atoms with Crippen LogP contribution >= 0.6 is 11.3 Å². The number of aromatic nitrogens is 1. The Hall–Kier alpha value is -2.01.